The largest absolute Gasteiger partial charge is 0.223 e. The van der Waals surface area contributed by atoms with Crippen molar-refractivity contribution in [2.45, 2.75) is 26.7 Å². The molecule has 0 atom stereocenters. The van der Waals surface area contributed by atoms with Gasteiger partial charge in [-0.3, -0.25) is 0 Å². The number of pyridine rings is 1. The number of aromatic nitrogens is 1. The summed E-state index contributed by atoms with van der Waals surface area (Å²) in [5, 5.41) is 9.51. The molecule has 0 N–H and O–H groups in total. The molecule has 4 heteroatoms. The van der Waals surface area contributed by atoms with E-state index < -0.39 is 0 Å². The lowest BCUT2D eigenvalue weighted by Crippen LogP contribution is -2.01. The van der Waals surface area contributed by atoms with Crippen molar-refractivity contribution in [3.63, 3.8) is 0 Å². The van der Waals surface area contributed by atoms with Crippen LogP contribution in [0.5, 0.6) is 0 Å². The Hall–Kier alpha value is -0.780. The van der Waals surface area contributed by atoms with Crippen molar-refractivity contribution in [3.8, 4) is 6.07 Å². The molecule has 0 spiro atoms. The summed E-state index contributed by atoms with van der Waals surface area (Å²) in [6.07, 6.45) is 0. The highest BCUT2D eigenvalue weighted by molar-refractivity contribution is 6.33. The van der Waals surface area contributed by atoms with Crippen LogP contribution in [0.4, 0.5) is 0 Å². The van der Waals surface area contributed by atoms with Crippen LogP contribution in [0, 0.1) is 18.3 Å². The lowest BCUT2D eigenvalue weighted by atomic mass is 9.95. The van der Waals surface area contributed by atoms with E-state index in [1.165, 1.54) is 0 Å². The van der Waals surface area contributed by atoms with Gasteiger partial charge in [0.15, 0.2) is 0 Å². The molecule has 1 aromatic rings. The van der Waals surface area contributed by atoms with Crippen LogP contribution < -0.4 is 0 Å². The fourth-order valence-corrected chi connectivity index (χ4v) is 1.92. The average Bonchev–Trinajstić information content (AvgIpc) is 2.10. The number of nitrogens with zero attached hydrogens (tertiary/aromatic N) is 2. The molecule has 0 aliphatic heterocycles. The Morgan fingerprint density at radius 3 is 2.29 bits per heavy atom. The Morgan fingerprint density at radius 2 is 1.86 bits per heavy atom. The van der Waals surface area contributed by atoms with Gasteiger partial charge in [0.05, 0.1) is 5.56 Å². The first kappa shape index (κ1) is 11.3. The molecular weight excluding hydrogens is 219 g/mol. The summed E-state index contributed by atoms with van der Waals surface area (Å²) in [6, 6.07) is 2.06. The second-order valence-electron chi connectivity index (χ2n) is 3.37. The van der Waals surface area contributed by atoms with E-state index in [2.05, 4.69) is 11.1 Å². The van der Waals surface area contributed by atoms with Gasteiger partial charge in [-0.05, 0) is 24.0 Å². The highest BCUT2D eigenvalue weighted by Crippen LogP contribution is 2.31. The third-order valence-electron chi connectivity index (χ3n) is 2.07. The normalized spacial score (nSPS) is 10.4. The van der Waals surface area contributed by atoms with Crippen molar-refractivity contribution < 1.29 is 0 Å². The van der Waals surface area contributed by atoms with E-state index in [0.29, 0.717) is 10.7 Å². The van der Waals surface area contributed by atoms with Crippen LogP contribution in [0.3, 0.4) is 0 Å². The number of hydrogen-bond acceptors (Lipinski definition) is 2. The second-order valence-corrected chi connectivity index (χ2v) is 4.09. The van der Waals surface area contributed by atoms with E-state index in [1.54, 1.807) is 0 Å². The van der Waals surface area contributed by atoms with Gasteiger partial charge in [0.25, 0.3) is 0 Å². The third kappa shape index (κ3) is 1.84. The molecule has 0 unspecified atom stereocenters. The first-order valence-electron chi connectivity index (χ1n) is 4.24. The third-order valence-corrected chi connectivity index (χ3v) is 2.72. The summed E-state index contributed by atoms with van der Waals surface area (Å²) in [5.41, 5.74) is 2.16. The molecule has 0 radical (unpaired) electrons. The monoisotopic (exact) mass is 228 g/mol. The molecule has 1 rings (SSSR count). The summed E-state index contributed by atoms with van der Waals surface area (Å²) in [4.78, 5) is 3.90. The molecule has 74 valence electrons. The van der Waals surface area contributed by atoms with Gasteiger partial charge in [-0.15, -0.1) is 0 Å². The maximum atomic E-state index is 8.95. The van der Waals surface area contributed by atoms with Crippen LogP contribution in [0.25, 0.3) is 0 Å². The van der Waals surface area contributed by atoms with Crippen LogP contribution in [0.1, 0.15) is 36.5 Å². The highest BCUT2D eigenvalue weighted by Gasteiger charge is 2.17. The topological polar surface area (TPSA) is 36.7 Å². The summed E-state index contributed by atoms with van der Waals surface area (Å²) < 4.78 is 0. The zero-order valence-electron chi connectivity index (χ0n) is 8.23. The molecule has 0 aliphatic rings. The van der Waals surface area contributed by atoms with E-state index in [4.69, 9.17) is 28.5 Å². The minimum atomic E-state index is 0.187. The molecule has 14 heavy (non-hydrogen) atoms. The molecule has 0 amide bonds. The Balaban J connectivity index is 3.59. The molecule has 1 aromatic heterocycles. The molecular formula is C10H10Cl2N2. The van der Waals surface area contributed by atoms with Crippen LogP contribution >= 0.6 is 23.2 Å². The predicted octanol–water partition coefficient (Wildman–Crippen LogP) is 3.69. The second kappa shape index (κ2) is 4.16. The van der Waals surface area contributed by atoms with Crippen molar-refractivity contribution in [2.75, 3.05) is 0 Å². The standard InChI is InChI=1S/C10H10Cl2N2/c1-5(2)8-6(3)9(11)14-10(12)7(8)4-13/h5H,1-3H3. The van der Waals surface area contributed by atoms with Gasteiger partial charge in [0.2, 0.25) is 0 Å². The summed E-state index contributed by atoms with van der Waals surface area (Å²) in [7, 11) is 0. The SMILES string of the molecule is Cc1c(Cl)nc(Cl)c(C#N)c1C(C)C. The van der Waals surface area contributed by atoms with E-state index in [0.717, 1.165) is 11.1 Å². The molecule has 0 aromatic carbocycles. The van der Waals surface area contributed by atoms with Crippen molar-refractivity contribution in [1.29, 1.82) is 5.26 Å². The Labute approximate surface area is 93.5 Å². The molecule has 0 bridgehead atoms. The maximum absolute atomic E-state index is 8.95. The van der Waals surface area contributed by atoms with Gasteiger partial charge in [0, 0.05) is 0 Å². The van der Waals surface area contributed by atoms with Gasteiger partial charge < -0.3 is 0 Å². The Bertz CT molecular complexity index is 406. The molecule has 0 saturated carbocycles. The molecule has 0 saturated heterocycles. The van der Waals surface area contributed by atoms with Gasteiger partial charge in [0.1, 0.15) is 16.4 Å². The fourth-order valence-electron chi connectivity index (χ4n) is 1.46. The minimum absolute atomic E-state index is 0.187. The number of halogens is 2. The smallest absolute Gasteiger partial charge is 0.148 e. The Kier molecular flexibility index (Phi) is 3.36. The first-order chi connectivity index (χ1) is 6.49. The van der Waals surface area contributed by atoms with Crippen LogP contribution in [-0.4, -0.2) is 4.98 Å². The van der Waals surface area contributed by atoms with Crippen LogP contribution in [-0.2, 0) is 0 Å². The highest BCUT2D eigenvalue weighted by atomic mass is 35.5. The van der Waals surface area contributed by atoms with Gasteiger partial charge in [-0.25, -0.2) is 4.98 Å². The zero-order valence-corrected chi connectivity index (χ0v) is 9.74. The molecule has 2 nitrogen and oxygen atoms in total. The summed E-state index contributed by atoms with van der Waals surface area (Å²) >= 11 is 11.7. The number of nitriles is 1. The lowest BCUT2D eigenvalue weighted by Gasteiger charge is -2.13. The fraction of sp³-hybridized carbons (Fsp3) is 0.400. The maximum Gasteiger partial charge on any atom is 0.148 e. The number of rotatable bonds is 1. The van der Waals surface area contributed by atoms with Crippen molar-refractivity contribution in [2.24, 2.45) is 0 Å². The van der Waals surface area contributed by atoms with Gasteiger partial charge in [-0.2, -0.15) is 5.26 Å². The van der Waals surface area contributed by atoms with E-state index in [1.807, 2.05) is 20.8 Å². The van der Waals surface area contributed by atoms with Crippen LogP contribution in [0.15, 0.2) is 0 Å². The first-order valence-corrected chi connectivity index (χ1v) is 5.00. The molecule has 1 heterocycles. The van der Waals surface area contributed by atoms with Gasteiger partial charge in [-0.1, -0.05) is 37.0 Å². The van der Waals surface area contributed by atoms with E-state index in [-0.39, 0.29) is 11.1 Å². The predicted molar refractivity (Wildman–Crippen MR) is 57.8 cm³/mol. The lowest BCUT2D eigenvalue weighted by molar-refractivity contribution is 0.847. The quantitative estimate of drug-likeness (QED) is 0.688. The minimum Gasteiger partial charge on any atom is -0.223 e. The van der Waals surface area contributed by atoms with Crippen LogP contribution in [0.2, 0.25) is 10.3 Å². The Morgan fingerprint density at radius 1 is 1.29 bits per heavy atom. The average molecular weight is 229 g/mol. The molecule has 0 aliphatic carbocycles. The van der Waals surface area contributed by atoms with Crippen molar-refractivity contribution in [3.05, 3.63) is 27.0 Å². The number of hydrogen-bond donors (Lipinski definition) is 0. The molecule has 0 fully saturated rings. The zero-order chi connectivity index (χ0) is 10.9. The summed E-state index contributed by atoms with van der Waals surface area (Å²) in [5.74, 6) is 0.211. The van der Waals surface area contributed by atoms with Gasteiger partial charge >= 0.3 is 0 Å². The van der Waals surface area contributed by atoms with Crippen molar-refractivity contribution >= 4 is 23.2 Å². The van der Waals surface area contributed by atoms with E-state index >= 15 is 0 Å². The van der Waals surface area contributed by atoms with E-state index in [9.17, 15) is 0 Å². The van der Waals surface area contributed by atoms with Crippen molar-refractivity contribution in [1.82, 2.24) is 4.98 Å². The summed E-state index contributed by atoms with van der Waals surface area (Å²) in [6.45, 7) is 5.84.